The Kier molecular flexibility index (Phi) is 6.24. The largest absolute Gasteiger partial charge is 0.493 e. The summed E-state index contributed by atoms with van der Waals surface area (Å²) in [6.07, 6.45) is 5.46. The molecule has 1 aromatic heterocycles. The van der Waals surface area contributed by atoms with Crippen LogP contribution in [0.15, 0.2) is 30.5 Å². The number of fused-ring (bicyclic) bond motifs is 1. The number of amides is 1. The summed E-state index contributed by atoms with van der Waals surface area (Å²) in [7, 11) is 1.54. The van der Waals surface area contributed by atoms with E-state index in [1.54, 1.807) is 31.4 Å². The van der Waals surface area contributed by atoms with E-state index in [1.807, 2.05) is 0 Å². The molecule has 2 N–H and O–H groups in total. The molecule has 0 bridgehead atoms. The molecule has 3 heterocycles. The molecule has 9 heteroatoms. The third-order valence-corrected chi connectivity index (χ3v) is 6.26. The summed E-state index contributed by atoms with van der Waals surface area (Å²) in [6.45, 7) is 1.77. The number of pyridine rings is 1. The predicted octanol–water partition coefficient (Wildman–Crippen LogP) is 2.83. The van der Waals surface area contributed by atoms with E-state index in [2.05, 4.69) is 10.3 Å². The Hall–Kier alpha value is -3.04. The zero-order valence-corrected chi connectivity index (χ0v) is 18.7. The van der Waals surface area contributed by atoms with Gasteiger partial charge in [-0.2, -0.15) is 0 Å². The van der Waals surface area contributed by atoms with Gasteiger partial charge in [0, 0.05) is 31.5 Å². The van der Waals surface area contributed by atoms with Gasteiger partial charge in [0.15, 0.2) is 18.2 Å². The first-order valence-electron chi connectivity index (χ1n) is 11.4. The van der Waals surface area contributed by atoms with E-state index >= 15 is 0 Å². The van der Waals surface area contributed by atoms with Crippen molar-refractivity contribution in [2.24, 2.45) is 5.92 Å². The van der Waals surface area contributed by atoms with Gasteiger partial charge in [-0.25, -0.2) is 4.98 Å². The maximum Gasteiger partial charge on any atom is 0.266 e. The summed E-state index contributed by atoms with van der Waals surface area (Å²) in [5.74, 6) is 2.30. The van der Waals surface area contributed by atoms with E-state index in [1.165, 1.54) is 11.1 Å². The average Bonchev–Trinajstić information content (AvgIpc) is 3.57. The van der Waals surface area contributed by atoms with Crippen LogP contribution in [-0.4, -0.2) is 61.8 Å². The molecule has 0 radical (unpaired) electrons. The highest BCUT2D eigenvalue weighted by Gasteiger charge is 2.31. The molecule has 2 fully saturated rings. The molecule has 2 aliphatic heterocycles. The van der Waals surface area contributed by atoms with E-state index in [0.717, 1.165) is 32.3 Å². The third kappa shape index (κ3) is 4.84. The van der Waals surface area contributed by atoms with Gasteiger partial charge in [0.1, 0.15) is 23.7 Å². The van der Waals surface area contributed by atoms with Crippen LogP contribution in [0.25, 0.3) is 0 Å². The predicted molar refractivity (Wildman–Crippen MR) is 121 cm³/mol. The van der Waals surface area contributed by atoms with Gasteiger partial charge in [-0.1, -0.05) is 0 Å². The molecule has 5 rings (SSSR count). The van der Waals surface area contributed by atoms with E-state index < -0.39 is 6.10 Å². The highest BCUT2D eigenvalue weighted by Crippen LogP contribution is 2.37. The molecule has 9 nitrogen and oxygen atoms in total. The number of hydrogen-bond acceptors (Lipinski definition) is 8. The van der Waals surface area contributed by atoms with Crippen molar-refractivity contribution in [2.75, 3.05) is 43.8 Å². The van der Waals surface area contributed by atoms with Crippen molar-refractivity contribution in [3.05, 3.63) is 36.0 Å². The van der Waals surface area contributed by atoms with Crippen LogP contribution in [0.4, 0.5) is 11.5 Å². The fourth-order valence-electron chi connectivity index (χ4n) is 4.10. The number of benzene rings is 1. The van der Waals surface area contributed by atoms with E-state index in [0.29, 0.717) is 46.8 Å². The Morgan fingerprint density at radius 1 is 1.27 bits per heavy atom. The van der Waals surface area contributed by atoms with Gasteiger partial charge in [0.25, 0.3) is 5.91 Å². The van der Waals surface area contributed by atoms with Crippen molar-refractivity contribution in [3.63, 3.8) is 0 Å². The van der Waals surface area contributed by atoms with Crippen molar-refractivity contribution in [2.45, 2.75) is 37.9 Å². The van der Waals surface area contributed by atoms with E-state index in [-0.39, 0.29) is 25.3 Å². The minimum atomic E-state index is -0.472. The summed E-state index contributed by atoms with van der Waals surface area (Å²) in [5.41, 5.74) is 1.02. The molecule has 0 spiro atoms. The third-order valence-electron chi connectivity index (χ3n) is 6.26. The molecule has 3 aliphatic rings. The number of methoxy groups -OCH3 is 1. The number of aliphatic hydroxyl groups is 1. The summed E-state index contributed by atoms with van der Waals surface area (Å²) in [5, 5.41) is 13.3. The first-order valence-corrected chi connectivity index (χ1v) is 11.4. The minimum absolute atomic E-state index is 0.0742. The second-order valence-corrected chi connectivity index (χ2v) is 8.64. The van der Waals surface area contributed by atoms with Crippen LogP contribution >= 0.6 is 0 Å². The van der Waals surface area contributed by atoms with Crippen molar-refractivity contribution < 1.29 is 28.8 Å². The molecule has 176 valence electrons. The highest BCUT2D eigenvalue weighted by atomic mass is 16.5. The van der Waals surface area contributed by atoms with Crippen molar-refractivity contribution in [1.82, 2.24) is 4.98 Å². The van der Waals surface area contributed by atoms with Crippen molar-refractivity contribution in [3.8, 4) is 17.2 Å². The van der Waals surface area contributed by atoms with Gasteiger partial charge < -0.3 is 29.4 Å². The number of ether oxygens (including phenoxy) is 4. The van der Waals surface area contributed by atoms with Gasteiger partial charge in [-0.05, 0) is 43.7 Å². The maximum atomic E-state index is 13.1. The van der Waals surface area contributed by atoms with Crippen LogP contribution in [0.5, 0.6) is 17.2 Å². The molecule has 2 aromatic rings. The fraction of sp³-hybridized carbons (Fsp3) is 0.500. The molecular formula is C24H29N3O6. The SMILES string of the molecule is COc1cc(N2COc3cc(NCC4CCCO4)ncc3C2=O)ccc1OC[C@H](O)C1CC1. The van der Waals surface area contributed by atoms with Crippen molar-refractivity contribution in [1.29, 1.82) is 0 Å². The number of nitrogens with zero attached hydrogens (tertiary/aromatic N) is 2. The zero-order valence-electron chi connectivity index (χ0n) is 18.7. The van der Waals surface area contributed by atoms with Crippen LogP contribution in [0.1, 0.15) is 36.0 Å². The Bertz CT molecular complexity index is 1010. The summed E-state index contributed by atoms with van der Waals surface area (Å²) in [4.78, 5) is 19.0. The van der Waals surface area contributed by atoms with Crippen LogP contribution in [-0.2, 0) is 4.74 Å². The van der Waals surface area contributed by atoms with Crippen LogP contribution < -0.4 is 24.4 Å². The Morgan fingerprint density at radius 3 is 2.91 bits per heavy atom. The molecular weight excluding hydrogens is 426 g/mol. The lowest BCUT2D eigenvalue weighted by molar-refractivity contribution is 0.0879. The summed E-state index contributed by atoms with van der Waals surface area (Å²) < 4.78 is 22.7. The number of anilines is 2. The molecule has 1 aromatic carbocycles. The van der Waals surface area contributed by atoms with Gasteiger partial charge in [-0.15, -0.1) is 0 Å². The van der Waals surface area contributed by atoms with Gasteiger partial charge in [0.05, 0.1) is 25.0 Å². The maximum absolute atomic E-state index is 13.1. The quantitative estimate of drug-likeness (QED) is 0.595. The van der Waals surface area contributed by atoms with Gasteiger partial charge in [0.2, 0.25) is 0 Å². The first kappa shape index (κ1) is 21.8. The fourth-order valence-corrected chi connectivity index (χ4v) is 4.10. The van der Waals surface area contributed by atoms with Gasteiger partial charge >= 0.3 is 0 Å². The number of hydrogen-bond donors (Lipinski definition) is 2. The lowest BCUT2D eigenvalue weighted by atomic mass is 10.1. The van der Waals surface area contributed by atoms with E-state index in [4.69, 9.17) is 18.9 Å². The number of aromatic nitrogens is 1. The Morgan fingerprint density at radius 2 is 2.15 bits per heavy atom. The smallest absolute Gasteiger partial charge is 0.266 e. The second kappa shape index (κ2) is 9.44. The number of carbonyl (C=O) groups is 1. The summed E-state index contributed by atoms with van der Waals surface area (Å²) in [6, 6.07) is 7.00. The molecule has 1 aliphatic carbocycles. The lowest BCUT2D eigenvalue weighted by Crippen LogP contribution is -2.38. The number of nitrogens with one attached hydrogen (secondary N) is 1. The lowest BCUT2D eigenvalue weighted by Gasteiger charge is -2.29. The van der Waals surface area contributed by atoms with Crippen LogP contribution in [0.2, 0.25) is 0 Å². The standard InChI is InChI=1S/C24H29N3O6/c1-30-22-9-16(6-7-20(22)32-13-19(28)15-4-5-15)27-14-33-21-10-23(26-12-18(21)24(27)29)25-11-17-3-2-8-31-17/h6-7,9-10,12,15,17,19,28H,2-5,8,11,13-14H2,1H3,(H,25,26)/t17?,19-/m0/s1. The molecule has 2 atom stereocenters. The minimum Gasteiger partial charge on any atom is -0.493 e. The highest BCUT2D eigenvalue weighted by molar-refractivity contribution is 6.08. The van der Waals surface area contributed by atoms with Crippen LogP contribution in [0, 0.1) is 5.92 Å². The zero-order chi connectivity index (χ0) is 22.8. The monoisotopic (exact) mass is 455 g/mol. The number of carbonyl (C=O) groups excluding carboxylic acids is 1. The van der Waals surface area contributed by atoms with E-state index in [9.17, 15) is 9.90 Å². The number of rotatable bonds is 9. The number of aliphatic hydroxyl groups excluding tert-OH is 1. The van der Waals surface area contributed by atoms with Gasteiger partial charge in [-0.3, -0.25) is 9.69 Å². The summed E-state index contributed by atoms with van der Waals surface area (Å²) >= 11 is 0. The van der Waals surface area contributed by atoms with Crippen molar-refractivity contribution >= 4 is 17.4 Å². The Balaban J connectivity index is 1.26. The second-order valence-electron chi connectivity index (χ2n) is 8.64. The molecule has 1 saturated heterocycles. The molecule has 1 saturated carbocycles. The Labute approximate surface area is 192 Å². The average molecular weight is 456 g/mol. The molecule has 1 unspecified atom stereocenters. The van der Waals surface area contributed by atoms with Crippen LogP contribution in [0.3, 0.4) is 0 Å². The normalized spacial score (nSPS) is 20.7. The molecule has 33 heavy (non-hydrogen) atoms. The topological polar surface area (TPSA) is 102 Å². The molecule has 1 amide bonds. The first-order chi connectivity index (χ1) is 16.1.